The van der Waals surface area contributed by atoms with E-state index in [0.29, 0.717) is 0 Å². The molecule has 0 aromatic heterocycles. The van der Waals surface area contributed by atoms with E-state index in [1.807, 2.05) is 0 Å². The molecule has 7 aromatic carbocycles. The Morgan fingerprint density at radius 3 is 1.37 bits per heavy atom. The average molecular weight is 526 g/mol. The lowest BCUT2D eigenvalue weighted by atomic mass is 9.98. The number of ether oxygens (including phenoxy) is 1. The molecule has 8 rings (SSSR count). The summed E-state index contributed by atoms with van der Waals surface area (Å²) < 4.78 is 6.71. The van der Waals surface area contributed by atoms with E-state index in [4.69, 9.17) is 4.74 Å². The van der Waals surface area contributed by atoms with E-state index in [1.165, 1.54) is 38.2 Å². The van der Waals surface area contributed by atoms with Crippen LogP contribution in [0.2, 0.25) is 0 Å². The van der Waals surface area contributed by atoms with Crippen molar-refractivity contribution in [1.29, 1.82) is 0 Å². The zero-order chi connectivity index (χ0) is 27.3. The number of fused-ring (bicyclic) bond motifs is 4. The number of rotatable bonds is 3. The standard InChI is InChI=1S/C39H27NO/c1-26-10-18-35(19-11-26)40-36-20-16-33(31-14-12-27-6-2-4-8-29(27)22-31)24-38(36)41-39-25-34(17-21-37(39)40)32-15-13-28-7-3-5-9-30(28)23-32/h2-25H,1H3. The van der Waals surface area contributed by atoms with Gasteiger partial charge in [-0.05, 0) is 99.3 Å². The number of hydrogen-bond donors (Lipinski definition) is 0. The van der Waals surface area contributed by atoms with Gasteiger partial charge in [-0.1, -0.05) is 103 Å². The van der Waals surface area contributed by atoms with E-state index in [2.05, 4.69) is 157 Å². The van der Waals surface area contributed by atoms with Crippen molar-refractivity contribution in [2.45, 2.75) is 6.92 Å². The lowest BCUT2D eigenvalue weighted by Gasteiger charge is -2.33. The molecule has 0 amide bonds. The first kappa shape index (κ1) is 23.5. The largest absolute Gasteiger partial charge is 0.453 e. The molecule has 0 saturated carbocycles. The summed E-state index contributed by atoms with van der Waals surface area (Å²) in [6.45, 7) is 2.12. The summed E-state index contributed by atoms with van der Waals surface area (Å²) in [7, 11) is 0. The van der Waals surface area contributed by atoms with Gasteiger partial charge in [-0.25, -0.2) is 0 Å². The van der Waals surface area contributed by atoms with Crippen molar-refractivity contribution < 1.29 is 4.74 Å². The van der Waals surface area contributed by atoms with Crippen LogP contribution in [0.5, 0.6) is 11.5 Å². The summed E-state index contributed by atoms with van der Waals surface area (Å²) >= 11 is 0. The molecule has 0 fully saturated rings. The number of nitrogens with zero attached hydrogens (tertiary/aromatic N) is 1. The maximum Gasteiger partial charge on any atom is 0.152 e. The van der Waals surface area contributed by atoms with Crippen LogP contribution < -0.4 is 9.64 Å². The topological polar surface area (TPSA) is 12.5 Å². The first-order chi connectivity index (χ1) is 20.2. The zero-order valence-electron chi connectivity index (χ0n) is 22.7. The Hall–Kier alpha value is -5.34. The monoisotopic (exact) mass is 525 g/mol. The second-order valence-corrected chi connectivity index (χ2v) is 10.8. The summed E-state index contributed by atoms with van der Waals surface area (Å²) in [5.74, 6) is 1.69. The van der Waals surface area contributed by atoms with Gasteiger partial charge < -0.3 is 9.64 Å². The maximum atomic E-state index is 6.71. The van der Waals surface area contributed by atoms with Gasteiger partial charge in [0, 0.05) is 5.69 Å². The molecule has 1 aliphatic heterocycles. The summed E-state index contributed by atoms with van der Waals surface area (Å²) in [6.07, 6.45) is 0. The van der Waals surface area contributed by atoms with Crippen molar-refractivity contribution in [2.24, 2.45) is 0 Å². The van der Waals surface area contributed by atoms with Crippen LogP contribution in [0.4, 0.5) is 17.1 Å². The van der Waals surface area contributed by atoms with Gasteiger partial charge in [-0.15, -0.1) is 0 Å². The van der Waals surface area contributed by atoms with Gasteiger partial charge in [0.2, 0.25) is 0 Å². The molecule has 2 nitrogen and oxygen atoms in total. The van der Waals surface area contributed by atoms with E-state index < -0.39 is 0 Å². The predicted molar refractivity (Wildman–Crippen MR) is 172 cm³/mol. The molecule has 0 atom stereocenters. The quantitative estimate of drug-likeness (QED) is 0.227. The fraction of sp³-hybridized carbons (Fsp3) is 0.0256. The van der Waals surface area contributed by atoms with Gasteiger partial charge >= 0.3 is 0 Å². The molecule has 41 heavy (non-hydrogen) atoms. The van der Waals surface area contributed by atoms with Crippen molar-refractivity contribution in [3.8, 4) is 33.8 Å². The molecule has 1 aliphatic rings. The smallest absolute Gasteiger partial charge is 0.152 e. The van der Waals surface area contributed by atoms with E-state index in [0.717, 1.165) is 39.7 Å². The molecule has 0 bridgehead atoms. The van der Waals surface area contributed by atoms with Crippen LogP contribution in [0.25, 0.3) is 43.8 Å². The first-order valence-electron chi connectivity index (χ1n) is 14.0. The molecule has 1 heterocycles. The van der Waals surface area contributed by atoms with Gasteiger partial charge in [-0.2, -0.15) is 0 Å². The molecule has 7 aromatic rings. The first-order valence-corrected chi connectivity index (χ1v) is 14.0. The van der Waals surface area contributed by atoms with Crippen molar-refractivity contribution in [3.05, 3.63) is 151 Å². The van der Waals surface area contributed by atoms with Crippen molar-refractivity contribution in [3.63, 3.8) is 0 Å². The normalized spacial score (nSPS) is 12.2. The van der Waals surface area contributed by atoms with Gasteiger partial charge in [0.25, 0.3) is 0 Å². The molecule has 0 radical (unpaired) electrons. The van der Waals surface area contributed by atoms with Crippen molar-refractivity contribution >= 4 is 38.6 Å². The molecule has 0 saturated heterocycles. The minimum Gasteiger partial charge on any atom is -0.453 e. The number of benzene rings is 7. The van der Waals surface area contributed by atoms with E-state index >= 15 is 0 Å². The Labute approximate surface area is 239 Å². The third kappa shape index (κ3) is 4.13. The van der Waals surface area contributed by atoms with Crippen LogP contribution in [0, 0.1) is 6.92 Å². The fourth-order valence-corrected chi connectivity index (χ4v) is 5.88. The molecule has 0 aliphatic carbocycles. The van der Waals surface area contributed by atoms with Crippen LogP contribution in [0.1, 0.15) is 5.56 Å². The molecule has 0 spiro atoms. The Morgan fingerprint density at radius 2 is 0.854 bits per heavy atom. The predicted octanol–water partition coefficient (Wildman–Crippen LogP) is 11.2. The summed E-state index contributed by atoms with van der Waals surface area (Å²) in [5.41, 5.74) is 9.02. The molecular formula is C39H27NO. The highest BCUT2D eigenvalue weighted by atomic mass is 16.5. The van der Waals surface area contributed by atoms with Gasteiger partial charge in [-0.3, -0.25) is 0 Å². The van der Waals surface area contributed by atoms with E-state index in [1.54, 1.807) is 0 Å². The summed E-state index contributed by atoms with van der Waals surface area (Å²) in [5, 5.41) is 4.95. The minimum atomic E-state index is 0.847. The van der Waals surface area contributed by atoms with Crippen LogP contribution in [0.3, 0.4) is 0 Å². The van der Waals surface area contributed by atoms with Crippen LogP contribution >= 0.6 is 0 Å². The Bertz CT molecular complexity index is 1960. The minimum absolute atomic E-state index is 0.847. The van der Waals surface area contributed by atoms with Gasteiger partial charge in [0.1, 0.15) is 0 Å². The van der Waals surface area contributed by atoms with E-state index in [9.17, 15) is 0 Å². The Kier molecular flexibility index (Phi) is 5.39. The second kappa shape index (κ2) is 9.39. The zero-order valence-corrected chi connectivity index (χ0v) is 22.7. The van der Waals surface area contributed by atoms with Crippen molar-refractivity contribution in [1.82, 2.24) is 0 Å². The lowest BCUT2D eigenvalue weighted by Crippen LogP contribution is -2.16. The Balaban J connectivity index is 1.26. The highest BCUT2D eigenvalue weighted by molar-refractivity contribution is 5.92. The molecular weight excluding hydrogens is 498 g/mol. The van der Waals surface area contributed by atoms with E-state index in [-0.39, 0.29) is 0 Å². The third-order valence-electron chi connectivity index (χ3n) is 8.08. The number of hydrogen-bond acceptors (Lipinski definition) is 2. The van der Waals surface area contributed by atoms with Crippen molar-refractivity contribution in [2.75, 3.05) is 4.90 Å². The Morgan fingerprint density at radius 1 is 0.415 bits per heavy atom. The molecule has 0 N–H and O–H groups in total. The molecule has 2 heteroatoms. The lowest BCUT2D eigenvalue weighted by molar-refractivity contribution is 0.477. The highest BCUT2D eigenvalue weighted by Crippen LogP contribution is 2.52. The number of aryl methyl sites for hydroxylation is 1. The molecule has 0 unspecified atom stereocenters. The summed E-state index contributed by atoms with van der Waals surface area (Å²) in [6, 6.07) is 52.0. The number of anilines is 3. The SMILES string of the molecule is Cc1ccc(N2c3ccc(-c4ccc5ccccc5c4)cc3Oc3cc(-c4ccc5ccccc5c4)ccc32)cc1. The highest BCUT2D eigenvalue weighted by Gasteiger charge is 2.27. The van der Waals surface area contributed by atoms with Crippen LogP contribution in [-0.4, -0.2) is 0 Å². The second-order valence-electron chi connectivity index (χ2n) is 10.8. The average Bonchev–Trinajstić information content (AvgIpc) is 3.03. The van der Waals surface area contributed by atoms with Crippen LogP contribution in [-0.2, 0) is 0 Å². The third-order valence-corrected chi connectivity index (χ3v) is 8.08. The van der Waals surface area contributed by atoms with Crippen LogP contribution in [0.15, 0.2) is 146 Å². The van der Waals surface area contributed by atoms with Gasteiger partial charge in [0.05, 0.1) is 11.4 Å². The summed E-state index contributed by atoms with van der Waals surface area (Å²) in [4.78, 5) is 2.31. The van der Waals surface area contributed by atoms with Gasteiger partial charge in [0.15, 0.2) is 11.5 Å². The molecule has 194 valence electrons. The fourth-order valence-electron chi connectivity index (χ4n) is 5.88. The maximum absolute atomic E-state index is 6.71.